The third kappa shape index (κ3) is 18.3. The van der Waals surface area contributed by atoms with Gasteiger partial charge in [0.2, 0.25) is 9.04 Å². The SMILES string of the molecule is CCCCCCCCCCCCCCCCCC(=O)O[SiH](CC)CC. The van der Waals surface area contributed by atoms with E-state index >= 15 is 0 Å². The highest BCUT2D eigenvalue weighted by Crippen LogP contribution is 2.14. The van der Waals surface area contributed by atoms with Gasteiger partial charge in [-0.1, -0.05) is 111 Å². The van der Waals surface area contributed by atoms with Crippen LogP contribution in [-0.4, -0.2) is 15.0 Å². The van der Waals surface area contributed by atoms with Crippen molar-refractivity contribution in [3.8, 4) is 0 Å². The number of unbranched alkanes of at least 4 members (excludes halogenated alkanes) is 14. The van der Waals surface area contributed by atoms with Gasteiger partial charge in [0.15, 0.2) is 0 Å². The summed E-state index contributed by atoms with van der Waals surface area (Å²) in [5.41, 5.74) is 0. The Hall–Kier alpha value is -0.313. The molecule has 25 heavy (non-hydrogen) atoms. The zero-order valence-electron chi connectivity index (χ0n) is 17.6. The second-order valence-electron chi connectivity index (χ2n) is 7.63. The first-order valence-corrected chi connectivity index (χ1v) is 13.5. The highest BCUT2D eigenvalue weighted by atomic mass is 28.3. The van der Waals surface area contributed by atoms with Crippen LogP contribution in [0.1, 0.15) is 124 Å². The summed E-state index contributed by atoms with van der Waals surface area (Å²) in [5.74, 6) is 0.0649. The Balaban J connectivity index is 3.17. The smallest absolute Gasteiger partial charge is 0.292 e. The summed E-state index contributed by atoms with van der Waals surface area (Å²) in [4.78, 5) is 11.7. The van der Waals surface area contributed by atoms with Crippen molar-refractivity contribution in [2.24, 2.45) is 0 Å². The van der Waals surface area contributed by atoms with Crippen LogP contribution in [0.25, 0.3) is 0 Å². The van der Waals surface area contributed by atoms with Gasteiger partial charge in [-0.25, -0.2) is 0 Å². The van der Waals surface area contributed by atoms with Crippen molar-refractivity contribution in [2.45, 2.75) is 136 Å². The van der Waals surface area contributed by atoms with E-state index in [0.717, 1.165) is 18.5 Å². The fraction of sp³-hybridized carbons (Fsp3) is 0.955. The van der Waals surface area contributed by atoms with E-state index in [9.17, 15) is 4.79 Å². The molecule has 0 aromatic rings. The summed E-state index contributed by atoms with van der Waals surface area (Å²) >= 11 is 0. The van der Waals surface area contributed by atoms with E-state index in [1.165, 1.54) is 89.9 Å². The quantitative estimate of drug-likeness (QED) is 0.173. The van der Waals surface area contributed by atoms with Gasteiger partial charge in [0.25, 0.3) is 5.97 Å². The molecule has 0 unspecified atom stereocenters. The predicted molar refractivity (Wildman–Crippen MR) is 114 cm³/mol. The van der Waals surface area contributed by atoms with E-state index in [-0.39, 0.29) is 5.97 Å². The lowest BCUT2D eigenvalue weighted by Crippen LogP contribution is -2.20. The molecule has 0 rings (SSSR count). The van der Waals surface area contributed by atoms with E-state index in [2.05, 4.69) is 20.8 Å². The average molecular weight is 371 g/mol. The van der Waals surface area contributed by atoms with Gasteiger partial charge in [-0.2, -0.15) is 0 Å². The number of hydrogen-bond donors (Lipinski definition) is 0. The molecule has 0 amide bonds. The maximum absolute atomic E-state index is 11.7. The first-order chi connectivity index (χ1) is 12.2. The summed E-state index contributed by atoms with van der Waals surface area (Å²) in [5, 5.41) is 0. The second-order valence-corrected chi connectivity index (χ2v) is 10.7. The van der Waals surface area contributed by atoms with Crippen LogP contribution in [0.2, 0.25) is 12.1 Å². The van der Waals surface area contributed by atoms with Crippen LogP contribution in [0.5, 0.6) is 0 Å². The summed E-state index contributed by atoms with van der Waals surface area (Å²) in [6, 6.07) is 2.14. The zero-order valence-corrected chi connectivity index (χ0v) is 18.8. The van der Waals surface area contributed by atoms with Gasteiger partial charge in [-0.05, 0) is 18.5 Å². The van der Waals surface area contributed by atoms with E-state index < -0.39 is 9.04 Å². The van der Waals surface area contributed by atoms with Gasteiger partial charge in [-0.3, -0.25) is 4.79 Å². The molecule has 0 spiro atoms. The van der Waals surface area contributed by atoms with E-state index in [4.69, 9.17) is 4.43 Å². The molecule has 0 radical (unpaired) electrons. The average Bonchev–Trinajstić information content (AvgIpc) is 2.62. The van der Waals surface area contributed by atoms with Gasteiger partial charge in [0, 0.05) is 6.42 Å². The maximum Gasteiger partial charge on any atom is 0.292 e. The molecule has 3 heteroatoms. The minimum Gasteiger partial charge on any atom is -0.522 e. The maximum atomic E-state index is 11.7. The van der Waals surface area contributed by atoms with Gasteiger partial charge in [-0.15, -0.1) is 0 Å². The molecule has 0 bridgehead atoms. The van der Waals surface area contributed by atoms with Gasteiger partial charge in [0.1, 0.15) is 0 Å². The summed E-state index contributed by atoms with van der Waals surface area (Å²) in [7, 11) is -1.19. The zero-order chi connectivity index (χ0) is 18.6. The lowest BCUT2D eigenvalue weighted by atomic mass is 10.0. The fourth-order valence-corrected chi connectivity index (χ4v) is 4.74. The highest BCUT2D eigenvalue weighted by molar-refractivity contribution is 6.53. The lowest BCUT2D eigenvalue weighted by Gasteiger charge is -2.12. The summed E-state index contributed by atoms with van der Waals surface area (Å²) in [6.07, 6.45) is 21.1. The van der Waals surface area contributed by atoms with Crippen LogP contribution in [0.3, 0.4) is 0 Å². The van der Waals surface area contributed by atoms with Crippen molar-refractivity contribution in [1.29, 1.82) is 0 Å². The Bertz CT molecular complexity index is 277. The molecule has 0 aliphatic heterocycles. The first kappa shape index (κ1) is 24.7. The van der Waals surface area contributed by atoms with Crippen molar-refractivity contribution in [3.63, 3.8) is 0 Å². The van der Waals surface area contributed by atoms with Gasteiger partial charge >= 0.3 is 0 Å². The Morgan fingerprint density at radius 2 is 0.960 bits per heavy atom. The molecular formula is C22H46O2Si. The third-order valence-electron chi connectivity index (χ3n) is 5.19. The van der Waals surface area contributed by atoms with E-state index in [1.54, 1.807) is 0 Å². The summed E-state index contributed by atoms with van der Waals surface area (Å²) in [6.45, 7) is 6.56. The molecular weight excluding hydrogens is 324 g/mol. The molecule has 0 saturated carbocycles. The lowest BCUT2D eigenvalue weighted by molar-refractivity contribution is -0.134. The number of rotatable bonds is 19. The van der Waals surface area contributed by atoms with Crippen molar-refractivity contribution in [1.82, 2.24) is 0 Å². The Morgan fingerprint density at radius 3 is 1.32 bits per heavy atom. The number of hydrogen-bond acceptors (Lipinski definition) is 2. The second kappa shape index (κ2) is 20.0. The first-order valence-electron chi connectivity index (χ1n) is 11.4. The van der Waals surface area contributed by atoms with Crippen LogP contribution >= 0.6 is 0 Å². The Morgan fingerprint density at radius 1 is 0.600 bits per heavy atom. The Labute approximate surface area is 160 Å². The van der Waals surface area contributed by atoms with E-state index in [0.29, 0.717) is 6.42 Å². The molecule has 0 aliphatic rings. The molecule has 2 nitrogen and oxygen atoms in total. The van der Waals surface area contributed by atoms with Crippen LogP contribution in [0.15, 0.2) is 0 Å². The minimum atomic E-state index is -1.19. The molecule has 0 aromatic heterocycles. The van der Waals surface area contributed by atoms with Crippen LogP contribution in [-0.2, 0) is 9.22 Å². The Kier molecular flexibility index (Phi) is 19.8. The standard InChI is InChI=1S/C22H46O2Si/c1-4-7-8-9-10-11-12-13-14-15-16-17-18-19-20-21-22(23)24-25(5-2)6-3/h25H,4-21H2,1-3H3. The van der Waals surface area contributed by atoms with Crippen LogP contribution in [0.4, 0.5) is 0 Å². The monoisotopic (exact) mass is 370 g/mol. The van der Waals surface area contributed by atoms with Crippen molar-refractivity contribution in [2.75, 3.05) is 0 Å². The van der Waals surface area contributed by atoms with E-state index in [1.807, 2.05) is 0 Å². The highest BCUT2D eigenvalue weighted by Gasteiger charge is 2.11. The summed E-state index contributed by atoms with van der Waals surface area (Å²) < 4.78 is 5.57. The van der Waals surface area contributed by atoms with Crippen molar-refractivity contribution < 1.29 is 9.22 Å². The molecule has 0 aliphatic carbocycles. The number of carbonyl (C=O) groups excluding carboxylic acids is 1. The van der Waals surface area contributed by atoms with Crippen LogP contribution < -0.4 is 0 Å². The molecule has 0 N–H and O–H groups in total. The minimum absolute atomic E-state index is 0.0649. The largest absolute Gasteiger partial charge is 0.522 e. The predicted octanol–water partition coefficient (Wildman–Crippen LogP) is 7.55. The normalized spacial score (nSPS) is 11.2. The molecule has 0 heterocycles. The van der Waals surface area contributed by atoms with Crippen LogP contribution in [0, 0.1) is 0 Å². The third-order valence-corrected chi connectivity index (χ3v) is 7.61. The molecule has 0 fully saturated rings. The molecule has 0 atom stereocenters. The molecule has 0 aromatic carbocycles. The molecule has 0 saturated heterocycles. The fourth-order valence-electron chi connectivity index (χ4n) is 3.34. The van der Waals surface area contributed by atoms with Crippen molar-refractivity contribution >= 4 is 15.0 Å². The number of carbonyl (C=O) groups is 1. The van der Waals surface area contributed by atoms with Gasteiger partial charge in [0.05, 0.1) is 0 Å². The molecule has 150 valence electrons. The van der Waals surface area contributed by atoms with Gasteiger partial charge < -0.3 is 4.43 Å². The van der Waals surface area contributed by atoms with Crippen molar-refractivity contribution in [3.05, 3.63) is 0 Å². The topological polar surface area (TPSA) is 26.3 Å².